The Morgan fingerprint density at radius 1 is 1.12 bits per heavy atom. The summed E-state index contributed by atoms with van der Waals surface area (Å²) in [5.41, 5.74) is 6.03. The minimum Gasteiger partial charge on any atom is -0.501 e. The molecule has 0 radical (unpaired) electrons. The van der Waals surface area contributed by atoms with Crippen molar-refractivity contribution in [2.75, 3.05) is 20.3 Å². The molecule has 3 aliphatic rings. The van der Waals surface area contributed by atoms with Gasteiger partial charge in [-0.2, -0.15) is 0 Å². The van der Waals surface area contributed by atoms with Crippen LogP contribution in [0.1, 0.15) is 91.8 Å². The summed E-state index contributed by atoms with van der Waals surface area (Å²) in [7, 11) is 1.65. The van der Waals surface area contributed by atoms with Gasteiger partial charge in [0.15, 0.2) is 11.5 Å². The average molecular weight is 544 g/mol. The lowest BCUT2D eigenvalue weighted by atomic mass is 9.64. The molecule has 0 spiro atoms. The van der Waals surface area contributed by atoms with Crippen LogP contribution in [0.3, 0.4) is 0 Å². The van der Waals surface area contributed by atoms with Crippen molar-refractivity contribution in [3.05, 3.63) is 83.5 Å². The van der Waals surface area contributed by atoms with E-state index in [1.807, 2.05) is 26.1 Å². The van der Waals surface area contributed by atoms with Crippen molar-refractivity contribution in [1.29, 1.82) is 0 Å². The van der Waals surface area contributed by atoms with E-state index in [9.17, 15) is 0 Å². The molecule has 2 aromatic rings. The van der Waals surface area contributed by atoms with Crippen molar-refractivity contribution in [2.24, 2.45) is 5.92 Å². The standard InChI is InChI=1S/C25H27NO2.C7H12O.C4H10/c1-4-5-6-8-16-9-7-10-18-20(16)23-21-17(11-12-26-23)15-19-24(28-14-13-27-19)22(21)25(18,2)3;1-6(2)5-7(3)8-4;1-3-4-2/h5-7,10-12,15-16H,4,8-9,13-14H2,1-3H3;5H,1H2,2-4H3;3-4H2,1-2H3/b;7-5-;. The molecule has 5 rings (SSSR count). The third-order valence-corrected chi connectivity index (χ3v) is 7.61. The molecule has 0 fully saturated rings. The van der Waals surface area contributed by atoms with Crippen molar-refractivity contribution in [3.8, 4) is 11.5 Å². The molecule has 216 valence electrons. The summed E-state index contributed by atoms with van der Waals surface area (Å²) in [5.74, 6) is 3.15. The van der Waals surface area contributed by atoms with Gasteiger partial charge in [0.25, 0.3) is 0 Å². The van der Waals surface area contributed by atoms with Gasteiger partial charge in [0.05, 0.1) is 18.6 Å². The number of unbranched alkanes of at least 4 members (excludes halogenated alkanes) is 1. The molecule has 0 saturated heterocycles. The van der Waals surface area contributed by atoms with Crippen LogP contribution in [0.15, 0.2) is 72.2 Å². The van der Waals surface area contributed by atoms with Gasteiger partial charge in [0.2, 0.25) is 0 Å². The molecule has 0 amide bonds. The number of hydrogen-bond donors (Lipinski definition) is 0. The Bertz CT molecular complexity index is 1310. The molecule has 4 heteroatoms. The molecule has 0 saturated carbocycles. The minimum atomic E-state index is -0.153. The molecule has 1 atom stereocenters. The van der Waals surface area contributed by atoms with Gasteiger partial charge in [-0.05, 0) is 73.8 Å². The number of methoxy groups -OCH3 is 1. The predicted molar refractivity (Wildman–Crippen MR) is 170 cm³/mol. The minimum absolute atomic E-state index is 0.153. The fraction of sp³-hybridized carbons (Fsp3) is 0.472. The van der Waals surface area contributed by atoms with E-state index in [4.69, 9.17) is 19.2 Å². The quantitative estimate of drug-likeness (QED) is 0.206. The summed E-state index contributed by atoms with van der Waals surface area (Å²) in [6.45, 7) is 19.9. The van der Waals surface area contributed by atoms with Gasteiger partial charge in [0.1, 0.15) is 13.2 Å². The highest BCUT2D eigenvalue weighted by Crippen LogP contribution is 2.56. The third kappa shape index (κ3) is 6.89. The largest absolute Gasteiger partial charge is 0.501 e. The highest BCUT2D eigenvalue weighted by molar-refractivity contribution is 6.03. The SMILES string of the molecule is C=C(C)/C=C(/C)OC.CCC=CCC1CC=CC2=C1c1nccc3cc4c(c(c13)C2(C)C)OCCO4.CCCC. The van der Waals surface area contributed by atoms with E-state index in [2.05, 4.69) is 77.6 Å². The van der Waals surface area contributed by atoms with Crippen LogP contribution in [0.4, 0.5) is 0 Å². The Labute approximate surface area is 242 Å². The van der Waals surface area contributed by atoms with E-state index in [0.717, 1.165) is 47.8 Å². The summed E-state index contributed by atoms with van der Waals surface area (Å²) in [4.78, 5) is 4.90. The van der Waals surface area contributed by atoms with E-state index >= 15 is 0 Å². The van der Waals surface area contributed by atoms with Crippen molar-refractivity contribution >= 4 is 16.3 Å². The third-order valence-electron chi connectivity index (χ3n) is 7.61. The number of rotatable bonds is 6. The van der Waals surface area contributed by atoms with E-state index in [0.29, 0.717) is 19.1 Å². The lowest BCUT2D eigenvalue weighted by Gasteiger charge is -2.41. The first kappa shape index (κ1) is 31.3. The lowest BCUT2D eigenvalue weighted by molar-refractivity contribution is 0.169. The maximum absolute atomic E-state index is 6.15. The Kier molecular flexibility index (Phi) is 11.2. The van der Waals surface area contributed by atoms with E-state index in [1.54, 1.807) is 7.11 Å². The number of benzene rings is 1. The summed E-state index contributed by atoms with van der Waals surface area (Å²) in [6.07, 6.45) is 18.9. The topological polar surface area (TPSA) is 40.6 Å². The molecule has 0 N–H and O–H groups in total. The first-order chi connectivity index (χ1) is 19.2. The fourth-order valence-corrected chi connectivity index (χ4v) is 5.48. The number of aromatic nitrogens is 1. The molecule has 4 nitrogen and oxygen atoms in total. The predicted octanol–water partition coefficient (Wildman–Crippen LogP) is 9.90. The molecular formula is C36H49NO3. The first-order valence-corrected chi connectivity index (χ1v) is 14.9. The summed E-state index contributed by atoms with van der Waals surface area (Å²) < 4.78 is 17.0. The van der Waals surface area contributed by atoms with Crippen LogP contribution in [0, 0.1) is 5.92 Å². The van der Waals surface area contributed by atoms with E-state index < -0.39 is 0 Å². The summed E-state index contributed by atoms with van der Waals surface area (Å²) in [6, 6.07) is 4.23. The second kappa shape index (κ2) is 14.4. The molecule has 40 heavy (non-hydrogen) atoms. The zero-order chi connectivity index (χ0) is 29.3. The van der Waals surface area contributed by atoms with Crippen LogP contribution in [0.25, 0.3) is 16.3 Å². The molecule has 2 aliphatic carbocycles. The number of allylic oxidation sites excluding steroid dienone is 9. The van der Waals surface area contributed by atoms with Gasteiger partial charge in [0, 0.05) is 22.6 Å². The lowest BCUT2D eigenvalue weighted by Crippen LogP contribution is -2.30. The van der Waals surface area contributed by atoms with Crippen LogP contribution in [0.5, 0.6) is 11.5 Å². The number of pyridine rings is 1. The zero-order valence-electron chi connectivity index (χ0n) is 26.0. The molecule has 1 aliphatic heterocycles. The molecular weight excluding hydrogens is 494 g/mol. The maximum atomic E-state index is 6.15. The molecule has 1 aromatic carbocycles. The van der Waals surface area contributed by atoms with Gasteiger partial charge >= 0.3 is 0 Å². The molecule has 1 unspecified atom stereocenters. The van der Waals surface area contributed by atoms with Crippen LogP contribution >= 0.6 is 0 Å². The van der Waals surface area contributed by atoms with Crippen molar-refractivity contribution in [1.82, 2.24) is 4.98 Å². The Hall–Kier alpha value is -3.27. The molecule has 0 bridgehead atoms. The number of nitrogens with zero attached hydrogens (tertiary/aromatic N) is 1. The Morgan fingerprint density at radius 2 is 1.85 bits per heavy atom. The second-order valence-corrected chi connectivity index (χ2v) is 11.2. The van der Waals surface area contributed by atoms with E-state index in [1.165, 1.54) is 40.3 Å². The van der Waals surface area contributed by atoms with E-state index in [-0.39, 0.29) is 5.41 Å². The van der Waals surface area contributed by atoms with Gasteiger partial charge in [-0.1, -0.05) is 83.9 Å². The van der Waals surface area contributed by atoms with Crippen molar-refractivity contribution in [3.63, 3.8) is 0 Å². The normalized spacial score (nSPS) is 18.4. The number of hydrogen-bond acceptors (Lipinski definition) is 4. The highest BCUT2D eigenvalue weighted by atomic mass is 16.6. The Morgan fingerprint density at radius 3 is 2.48 bits per heavy atom. The first-order valence-electron chi connectivity index (χ1n) is 14.9. The van der Waals surface area contributed by atoms with Crippen LogP contribution in [-0.2, 0) is 10.2 Å². The van der Waals surface area contributed by atoms with Crippen molar-refractivity contribution < 1.29 is 14.2 Å². The van der Waals surface area contributed by atoms with Crippen LogP contribution in [0.2, 0.25) is 0 Å². The smallest absolute Gasteiger partial charge is 0.166 e. The highest BCUT2D eigenvalue weighted by Gasteiger charge is 2.42. The van der Waals surface area contributed by atoms with Gasteiger partial charge in [-0.3, -0.25) is 4.98 Å². The number of fused-ring (bicyclic) bond motifs is 3. The zero-order valence-corrected chi connectivity index (χ0v) is 26.0. The Balaban J connectivity index is 0.000000312. The van der Waals surface area contributed by atoms with Crippen LogP contribution in [-0.4, -0.2) is 25.3 Å². The average Bonchev–Trinajstić information content (AvgIpc) is 2.95. The molecule has 2 heterocycles. The maximum Gasteiger partial charge on any atom is 0.166 e. The van der Waals surface area contributed by atoms with Crippen molar-refractivity contribution in [2.45, 2.75) is 86.0 Å². The molecule has 1 aromatic heterocycles. The summed E-state index contributed by atoms with van der Waals surface area (Å²) in [5, 5.41) is 2.44. The monoisotopic (exact) mass is 543 g/mol. The summed E-state index contributed by atoms with van der Waals surface area (Å²) >= 11 is 0. The van der Waals surface area contributed by atoms with Gasteiger partial charge in [-0.15, -0.1) is 0 Å². The van der Waals surface area contributed by atoms with Gasteiger partial charge in [-0.25, -0.2) is 0 Å². The fourth-order valence-electron chi connectivity index (χ4n) is 5.48. The second-order valence-electron chi connectivity index (χ2n) is 11.2. The number of ether oxygens (including phenoxy) is 3. The van der Waals surface area contributed by atoms with Crippen LogP contribution < -0.4 is 9.47 Å². The van der Waals surface area contributed by atoms with Gasteiger partial charge < -0.3 is 14.2 Å².